The lowest BCUT2D eigenvalue weighted by Gasteiger charge is -2.15. The van der Waals surface area contributed by atoms with Gasteiger partial charge in [-0.15, -0.1) is 0 Å². The predicted molar refractivity (Wildman–Crippen MR) is 67.3 cm³/mol. The monoisotopic (exact) mass is 278 g/mol. The highest BCUT2D eigenvalue weighted by molar-refractivity contribution is 5.81. The number of rotatable bonds is 7. The largest absolute Gasteiger partial charge is 0.467 e. The lowest BCUT2D eigenvalue weighted by atomic mass is 10.1. The molecular weight excluding hydrogens is 256 g/mol. The number of carbonyl (C=O) groups is 3. The van der Waals surface area contributed by atoms with Gasteiger partial charge in [0.2, 0.25) is 6.41 Å². The molecule has 0 aliphatic rings. The standard InChI is InChI=1S/C10H19NO5.CH3NO/c1-14-7-5-4-6-8(9(12)15-2)11-10(13)16-3;2-1-3/h8H,4-7H2,1-3H3,(H,11,13);1H,(H2,2,3). The van der Waals surface area contributed by atoms with Gasteiger partial charge in [0.1, 0.15) is 6.04 Å². The Morgan fingerprint density at radius 3 is 2.21 bits per heavy atom. The van der Waals surface area contributed by atoms with Crippen LogP contribution in [0.4, 0.5) is 4.79 Å². The van der Waals surface area contributed by atoms with Crippen molar-refractivity contribution in [3.05, 3.63) is 0 Å². The summed E-state index contributed by atoms with van der Waals surface area (Å²) in [6.45, 7) is 0.631. The molecule has 0 heterocycles. The van der Waals surface area contributed by atoms with Crippen molar-refractivity contribution in [2.45, 2.75) is 25.3 Å². The van der Waals surface area contributed by atoms with E-state index in [9.17, 15) is 9.59 Å². The minimum Gasteiger partial charge on any atom is -0.467 e. The lowest BCUT2D eigenvalue weighted by molar-refractivity contribution is -0.143. The third-order valence-electron chi connectivity index (χ3n) is 2.05. The smallest absolute Gasteiger partial charge is 0.407 e. The van der Waals surface area contributed by atoms with Crippen LogP contribution < -0.4 is 11.1 Å². The second-order valence-electron chi connectivity index (χ2n) is 3.34. The third kappa shape index (κ3) is 12.4. The fourth-order valence-corrected chi connectivity index (χ4v) is 1.19. The number of carbonyl (C=O) groups excluding carboxylic acids is 3. The maximum atomic E-state index is 11.3. The molecule has 8 nitrogen and oxygen atoms in total. The topological polar surface area (TPSA) is 117 Å². The van der Waals surface area contributed by atoms with Crippen LogP contribution in [0.15, 0.2) is 0 Å². The highest BCUT2D eigenvalue weighted by atomic mass is 16.5. The molecule has 0 saturated heterocycles. The normalized spacial score (nSPS) is 10.5. The lowest BCUT2D eigenvalue weighted by Crippen LogP contribution is -2.41. The Morgan fingerprint density at radius 2 is 1.79 bits per heavy atom. The van der Waals surface area contributed by atoms with Gasteiger partial charge in [-0.05, 0) is 19.3 Å². The minimum absolute atomic E-state index is 0.250. The van der Waals surface area contributed by atoms with Gasteiger partial charge in [-0.3, -0.25) is 4.79 Å². The molecule has 3 N–H and O–H groups in total. The van der Waals surface area contributed by atoms with E-state index in [-0.39, 0.29) is 6.41 Å². The number of nitrogens with one attached hydrogen (secondary N) is 1. The van der Waals surface area contributed by atoms with E-state index in [4.69, 9.17) is 9.53 Å². The van der Waals surface area contributed by atoms with Gasteiger partial charge in [0, 0.05) is 13.7 Å². The Hall–Kier alpha value is -1.83. The highest BCUT2D eigenvalue weighted by Crippen LogP contribution is 2.03. The molecule has 0 aromatic heterocycles. The Morgan fingerprint density at radius 1 is 1.21 bits per heavy atom. The number of hydrogen-bond donors (Lipinski definition) is 2. The van der Waals surface area contributed by atoms with Crippen molar-refractivity contribution >= 4 is 18.5 Å². The fraction of sp³-hybridized carbons (Fsp3) is 0.727. The van der Waals surface area contributed by atoms with Gasteiger partial charge in [-0.2, -0.15) is 0 Å². The molecule has 1 unspecified atom stereocenters. The Kier molecular flexibility index (Phi) is 14.6. The predicted octanol–water partition coefficient (Wildman–Crippen LogP) is -0.198. The van der Waals surface area contributed by atoms with Gasteiger partial charge in [-0.1, -0.05) is 0 Å². The number of unbranched alkanes of at least 4 members (excludes halogenated alkanes) is 1. The molecule has 8 heteroatoms. The number of amides is 2. The van der Waals surface area contributed by atoms with Crippen LogP contribution in [0.5, 0.6) is 0 Å². The van der Waals surface area contributed by atoms with Crippen LogP contribution in [-0.4, -0.2) is 52.5 Å². The molecule has 112 valence electrons. The number of alkyl carbamates (subject to hydrolysis) is 1. The van der Waals surface area contributed by atoms with Gasteiger partial charge < -0.3 is 25.3 Å². The summed E-state index contributed by atoms with van der Waals surface area (Å²) >= 11 is 0. The summed E-state index contributed by atoms with van der Waals surface area (Å²) < 4.78 is 13.9. The molecular formula is C11H22N2O6. The quantitative estimate of drug-likeness (QED) is 0.378. The first-order valence-electron chi connectivity index (χ1n) is 5.63. The molecule has 1 atom stereocenters. The zero-order valence-corrected chi connectivity index (χ0v) is 11.5. The molecule has 0 aliphatic heterocycles. The van der Waals surface area contributed by atoms with Crippen LogP contribution >= 0.6 is 0 Å². The summed E-state index contributed by atoms with van der Waals surface area (Å²) in [5, 5.41) is 2.42. The molecule has 0 aliphatic carbocycles. The van der Waals surface area contributed by atoms with Gasteiger partial charge in [0.25, 0.3) is 0 Å². The molecule has 0 radical (unpaired) electrons. The van der Waals surface area contributed by atoms with E-state index >= 15 is 0 Å². The van der Waals surface area contributed by atoms with E-state index in [2.05, 4.69) is 20.5 Å². The third-order valence-corrected chi connectivity index (χ3v) is 2.05. The molecule has 0 aromatic carbocycles. The van der Waals surface area contributed by atoms with E-state index in [1.54, 1.807) is 7.11 Å². The summed E-state index contributed by atoms with van der Waals surface area (Å²) in [7, 11) is 4.14. The maximum absolute atomic E-state index is 11.3. The van der Waals surface area contributed by atoms with Gasteiger partial charge in [0.05, 0.1) is 14.2 Å². The van der Waals surface area contributed by atoms with E-state index in [0.717, 1.165) is 12.8 Å². The van der Waals surface area contributed by atoms with Crippen LogP contribution in [0.1, 0.15) is 19.3 Å². The van der Waals surface area contributed by atoms with Crippen molar-refractivity contribution in [2.24, 2.45) is 5.73 Å². The van der Waals surface area contributed by atoms with E-state index < -0.39 is 18.1 Å². The minimum atomic E-state index is -0.658. The SMILES string of the molecule is COCCCCC(NC(=O)OC)C(=O)OC.NC=O. The van der Waals surface area contributed by atoms with E-state index in [1.165, 1.54) is 14.2 Å². The molecule has 0 aromatic rings. The average Bonchev–Trinajstić information content (AvgIpc) is 2.41. The molecule has 0 rings (SSSR count). The van der Waals surface area contributed by atoms with Crippen LogP contribution in [0.2, 0.25) is 0 Å². The fourth-order valence-electron chi connectivity index (χ4n) is 1.19. The van der Waals surface area contributed by atoms with Crippen LogP contribution in [0.25, 0.3) is 0 Å². The second kappa shape index (κ2) is 14.2. The number of ether oxygens (including phenoxy) is 3. The zero-order chi connectivity index (χ0) is 15.1. The van der Waals surface area contributed by atoms with Gasteiger partial charge in [0.15, 0.2) is 0 Å². The molecule has 0 fully saturated rings. The Bertz CT molecular complexity index is 260. The second-order valence-corrected chi connectivity index (χ2v) is 3.34. The number of primary amides is 1. The molecule has 0 spiro atoms. The summed E-state index contributed by atoms with van der Waals surface area (Å²) in [4.78, 5) is 30.9. The van der Waals surface area contributed by atoms with Crippen molar-refractivity contribution < 1.29 is 28.6 Å². The number of methoxy groups -OCH3 is 3. The van der Waals surface area contributed by atoms with Gasteiger partial charge >= 0.3 is 12.1 Å². The van der Waals surface area contributed by atoms with Crippen molar-refractivity contribution in [1.82, 2.24) is 5.32 Å². The molecule has 19 heavy (non-hydrogen) atoms. The van der Waals surface area contributed by atoms with Crippen molar-refractivity contribution in [2.75, 3.05) is 27.9 Å². The first-order chi connectivity index (χ1) is 9.06. The number of hydrogen-bond acceptors (Lipinski definition) is 6. The highest BCUT2D eigenvalue weighted by Gasteiger charge is 2.20. The molecule has 0 saturated carbocycles. The molecule has 2 amide bonds. The Balaban J connectivity index is 0. The van der Waals surface area contributed by atoms with Crippen LogP contribution in [-0.2, 0) is 23.8 Å². The van der Waals surface area contributed by atoms with E-state index in [0.29, 0.717) is 13.0 Å². The summed E-state index contributed by atoms with van der Waals surface area (Å²) in [6, 6.07) is -0.658. The zero-order valence-electron chi connectivity index (χ0n) is 11.5. The van der Waals surface area contributed by atoms with Crippen LogP contribution in [0.3, 0.4) is 0 Å². The van der Waals surface area contributed by atoms with Crippen LogP contribution in [0, 0.1) is 0 Å². The summed E-state index contributed by atoms with van der Waals surface area (Å²) in [6.07, 6.45) is 1.71. The first kappa shape index (κ1) is 19.5. The Labute approximate surface area is 112 Å². The summed E-state index contributed by atoms with van der Waals surface area (Å²) in [5.74, 6) is -0.470. The van der Waals surface area contributed by atoms with E-state index in [1.807, 2.05) is 0 Å². The van der Waals surface area contributed by atoms with Crippen molar-refractivity contribution in [1.29, 1.82) is 0 Å². The first-order valence-corrected chi connectivity index (χ1v) is 5.63. The number of esters is 1. The van der Waals surface area contributed by atoms with Crippen molar-refractivity contribution in [3.8, 4) is 0 Å². The molecule has 0 bridgehead atoms. The number of nitrogens with two attached hydrogens (primary N) is 1. The van der Waals surface area contributed by atoms with Crippen molar-refractivity contribution in [3.63, 3.8) is 0 Å². The average molecular weight is 278 g/mol. The van der Waals surface area contributed by atoms with Gasteiger partial charge in [-0.25, -0.2) is 9.59 Å². The summed E-state index contributed by atoms with van der Waals surface area (Å²) in [5.41, 5.74) is 4.17. The maximum Gasteiger partial charge on any atom is 0.407 e.